The van der Waals surface area contributed by atoms with Crippen molar-refractivity contribution in [2.75, 3.05) is 32.1 Å². The molecule has 1 saturated carbocycles. The molecule has 1 unspecified atom stereocenters. The van der Waals surface area contributed by atoms with Crippen LogP contribution < -0.4 is 20.9 Å². The van der Waals surface area contributed by atoms with Gasteiger partial charge in [0.1, 0.15) is 11.6 Å². The Morgan fingerprint density at radius 1 is 1.23 bits per heavy atom. The highest BCUT2D eigenvalue weighted by Gasteiger charge is 2.24. The first-order valence-electron chi connectivity index (χ1n) is 14.6. The first-order chi connectivity index (χ1) is 19.4. The SMILES string of the molecule is COc1ccc(CCn2cnc3cc(N/C(=N/C(C)C4CCCCC4)N4CCN[C@@H](C)C4)ccc3c2=O)c(F)c1. The summed E-state index contributed by atoms with van der Waals surface area (Å²) in [4.78, 5) is 25.3. The lowest BCUT2D eigenvalue weighted by Gasteiger charge is -2.35. The molecular formula is C31H41FN6O2. The molecule has 2 heterocycles. The second-order valence-corrected chi connectivity index (χ2v) is 11.2. The van der Waals surface area contributed by atoms with E-state index >= 15 is 0 Å². The van der Waals surface area contributed by atoms with Crippen LogP contribution in [0.2, 0.25) is 0 Å². The monoisotopic (exact) mass is 548 g/mol. The van der Waals surface area contributed by atoms with Gasteiger partial charge in [-0.2, -0.15) is 0 Å². The second-order valence-electron chi connectivity index (χ2n) is 11.2. The van der Waals surface area contributed by atoms with Crippen LogP contribution in [0.4, 0.5) is 10.1 Å². The van der Waals surface area contributed by atoms with Gasteiger partial charge in [0.05, 0.1) is 30.4 Å². The number of aromatic nitrogens is 2. The van der Waals surface area contributed by atoms with Crippen molar-refractivity contribution >= 4 is 22.5 Å². The lowest BCUT2D eigenvalue weighted by molar-refractivity contribution is 0.292. The highest BCUT2D eigenvalue weighted by molar-refractivity contribution is 5.96. The van der Waals surface area contributed by atoms with E-state index in [1.54, 1.807) is 23.0 Å². The third kappa shape index (κ3) is 6.63. The normalized spacial score (nSPS) is 19.6. The van der Waals surface area contributed by atoms with Gasteiger partial charge in [-0.3, -0.25) is 9.36 Å². The van der Waals surface area contributed by atoms with Crippen LogP contribution in [0, 0.1) is 11.7 Å². The zero-order chi connectivity index (χ0) is 28.1. The molecule has 2 fully saturated rings. The molecule has 5 rings (SSSR count). The Balaban J connectivity index is 1.35. The molecule has 0 amide bonds. The summed E-state index contributed by atoms with van der Waals surface area (Å²) in [6.07, 6.45) is 8.33. The van der Waals surface area contributed by atoms with Crippen LogP contribution in [0.1, 0.15) is 51.5 Å². The van der Waals surface area contributed by atoms with Crippen molar-refractivity contribution in [3.63, 3.8) is 0 Å². The van der Waals surface area contributed by atoms with Crippen LogP contribution in [0.3, 0.4) is 0 Å². The van der Waals surface area contributed by atoms with E-state index in [1.165, 1.54) is 45.3 Å². The molecule has 1 aliphatic heterocycles. The molecule has 3 aromatic rings. The van der Waals surface area contributed by atoms with E-state index in [0.29, 0.717) is 47.1 Å². The van der Waals surface area contributed by atoms with Gasteiger partial charge in [-0.05, 0) is 68.9 Å². The maximum Gasteiger partial charge on any atom is 0.261 e. The maximum absolute atomic E-state index is 14.4. The molecular weight excluding hydrogens is 507 g/mol. The topological polar surface area (TPSA) is 83.8 Å². The molecule has 0 spiro atoms. The number of anilines is 1. The zero-order valence-corrected chi connectivity index (χ0v) is 23.8. The van der Waals surface area contributed by atoms with E-state index in [1.807, 2.05) is 18.2 Å². The van der Waals surface area contributed by atoms with Gasteiger partial charge in [-0.25, -0.2) is 14.4 Å². The highest BCUT2D eigenvalue weighted by Crippen LogP contribution is 2.28. The van der Waals surface area contributed by atoms with Crippen LogP contribution >= 0.6 is 0 Å². The average molecular weight is 549 g/mol. The molecule has 2 aromatic carbocycles. The van der Waals surface area contributed by atoms with Crippen LogP contribution in [0.25, 0.3) is 10.9 Å². The minimum Gasteiger partial charge on any atom is -0.497 e. The summed E-state index contributed by atoms with van der Waals surface area (Å²) >= 11 is 0. The van der Waals surface area contributed by atoms with Crippen molar-refractivity contribution in [1.29, 1.82) is 0 Å². The summed E-state index contributed by atoms with van der Waals surface area (Å²) in [5.74, 6) is 1.64. The summed E-state index contributed by atoms with van der Waals surface area (Å²) in [5.41, 5.74) is 1.87. The Morgan fingerprint density at radius 2 is 2.05 bits per heavy atom. The van der Waals surface area contributed by atoms with E-state index in [0.717, 1.165) is 31.3 Å². The third-order valence-electron chi connectivity index (χ3n) is 8.29. The number of hydrogen-bond donors (Lipinski definition) is 2. The Morgan fingerprint density at radius 3 is 2.80 bits per heavy atom. The number of benzene rings is 2. The molecule has 1 saturated heterocycles. The quantitative estimate of drug-likeness (QED) is 0.326. The van der Waals surface area contributed by atoms with E-state index in [9.17, 15) is 9.18 Å². The number of rotatable bonds is 7. The number of methoxy groups -OCH3 is 1. The number of aryl methyl sites for hydroxylation is 2. The minimum absolute atomic E-state index is 0.138. The standard InChI is InChI=1S/C31H41FN6O2/c1-21-19-37(16-14-33-21)31(35-22(2)23-7-5-4-6-8-23)36-25-10-12-27-29(17-25)34-20-38(30(27)39)15-13-24-9-11-26(40-3)18-28(24)32/h9-12,17-18,20-23,33H,4-8,13-16,19H2,1-3H3,(H,35,36)/t21-,22?/m0/s1. The van der Waals surface area contributed by atoms with Gasteiger partial charge in [0.25, 0.3) is 5.56 Å². The molecule has 214 valence electrons. The van der Waals surface area contributed by atoms with Crippen LogP contribution in [0.5, 0.6) is 5.75 Å². The summed E-state index contributed by atoms with van der Waals surface area (Å²) in [5, 5.41) is 7.62. The van der Waals surface area contributed by atoms with E-state index < -0.39 is 0 Å². The van der Waals surface area contributed by atoms with Gasteiger partial charge < -0.3 is 20.3 Å². The smallest absolute Gasteiger partial charge is 0.261 e. The molecule has 2 aliphatic rings. The number of aliphatic imine (C=N–C) groups is 1. The lowest BCUT2D eigenvalue weighted by Crippen LogP contribution is -2.53. The molecule has 9 heteroatoms. The Bertz CT molecular complexity index is 1400. The Kier molecular flexibility index (Phi) is 8.99. The van der Waals surface area contributed by atoms with Gasteiger partial charge in [-0.1, -0.05) is 25.3 Å². The number of piperazine rings is 1. The summed E-state index contributed by atoms with van der Waals surface area (Å²) < 4.78 is 21.0. The summed E-state index contributed by atoms with van der Waals surface area (Å²) in [7, 11) is 1.51. The number of halogens is 1. The first-order valence-corrected chi connectivity index (χ1v) is 14.6. The molecule has 0 radical (unpaired) electrons. The third-order valence-corrected chi connectivity index (χ3v) is 8.29. The fourth-order valence-electron chi connectivity index (χ4n) is 5.86. The first kappa shape index (κ1) is 28.1. The van der Waals surface area contributed by atoms with E-state index in [2.05, 4.69) is 34.4 Å². The second kappa shape index (κ2) is 12.8. The summed E-state index contributed by atoms with van der Waals surface area (Å²) in [6, 6.07) is 11.1. The predicted molar refractivity (Wildman–Crippen MR) is 159 cm³/mol. The molecule has 1 aromatic heterocycles. The number of fused-ring (bicyclic) bond motifs is 1. The van der Waals surface area contributed by atoms with E-state index in [4.69, 9.17) is 9.73 Å². The van der Waals surface area contributed by atoms with Gasteiger partial charge in [0.2, 0.25) is 0 Å². The highest BCUT2D eigenvalue weighted by atomic mass is 19.1. The van der Waals surface area contributed by atoms with Crippen LogP contribution in [-0.2, 0) is 13.0 Å². The number of hydrogen-bond acceptors (Lipinski definition) is 5. The average Bonchev–Trinajstić information content (AvgIpc) is 2.97. The predicted octanol–water partition coefficient (Wildman–Crippen LogP) is 4.82. The molecule has 0 bridgehead atoms. The van der Waals surface area contributed by atoms with E-state index in [-0.39, 0.29) is 17.4 Å². The molecule has 2 atom stereocenters. The van der Waals surface area contributed by atoms with Crippen molar-refractivity contribution in [3.8, 4) is 5.75 Å². The van der Waals surface area contributed by atoms with Gasteiger partial charge in [-0.15, -0.1) is 0 Å². The van der Waals surface area contributed by atoms with Crippen molar-refractivity contribution in [2.24, 2.45) is 10.9 Å². The number of nitrogens with one attached hydrogen (secondary N) is 2. The van der Waals surface area contributed by atoms with Crippen molar-refractivity contribution in [2.45, 2.75) is 71.0 Å². The van der Waals surface area contributed by atoms with Gasteiger partial charge in [0, 0.05) is 44.0 Å². The largest absolute Gasteiger partial charge is 0.497 e. The molecule has 40 heavy (non-hydrogen) atoms. The van der Waals surface area contributed by atoms with Crippen molar-refractivity contribution in [3.05, 3.63) is 64.5 Å². The van der Waals surface area contributed by atoms with Crippen molar-refractivity contribution < 1.29 is 9.13 Å². The zero-order valence-electron chi connectivity index (χ0n) is 23.8. The molecule has 2 N–H and O–H groups in total. The van der Waals surface area contributed by atoms with Crippen molar-refractivity contribution in [1.82, 2.24) is 19.8 Å². The molecule has 8 nitrogen and oxygen atoms in total. The van der Waals surface area contributed by atoms with Gasteiger partial charge in [0.15, 0.2) is 5.96 Å². The fourth-order valence-corrected chi connectivity index (χ4v) is 5.86. The summed E-state index contributed by atoms with van der Waals surface area (Å²) in [6.45, 7) is 7.46. The Labute approximate surface area is 235 Å². The number of ether oxygens (including phenoxy) is 1. The Hall–Kier alpha value is -3.46. The van der Waals surface area contributed by atoms with Crippen LogP contribution in [0.15, 0.2) is 52.5 Å². The molecule has 1 aliphatic carbocycles. The number of guanidine groups is 1. The maximum atomic E-state index is 14.4. The number of nitrogens with zero attached hydrogens (tertiary/aromatic N) is 4. The van der Waals surface area contributed by atoms with Crippen LogP contribution in [-0.4, -0.2) is 59.2 Å². The minimum atomic E-state index is -0.342. The fraction of sp³-hybridized carbons (Fsp3) is 0.516. The van der Waals surface area contributed by atoms with Gasteiger partial charge >= 0.3 is 0 Å². The lowest BCUT2D eigenvalue weighted by atomic mass is 9.85.